The van der Waals surface area contributed by atoms with Crippen molar-refractivity contribution in [2.75, 3.05) is 32.8 Å². The highest BCUT2D eigenvalue weighted by Crippen LogP contribution is 2.25. The molecule has 1 atom stereocenters. The van der Waals surface area contributed by atoms with Crippen LogP contribution in [0.3, 0.4) is 0 Å². The van der Waals surface area contributed by atoms with E-state index in [0.717, 1.165) is 61.6 Å². The number of amides is 1. The number of aryl methyl sites for hydroxylation is 2. The Morgan fingerprint density at radius 1 is 1.31 bits per heavy atom. The molecule has 0 saturated carbocycles. The van der Waals surface area contributed by atoms with Gasteiger partial charge in [0.25, 0.3) is 5.91 Å². The summed E-state index contributed by atoms with van der Waals surface area (Å²) in [7, 11) is 0. The summed E-state index contributed by atoms with van der Waals surface area (Å²) >= 11 is 0. The molecule has 3 heterocycles. The fourth-order valence-corrected chi connectivity index (χ4v) is 3.87. The second-order valence-electron chi connectivity index (χ2n) is 7.06. The largest absolute Gasteiger partial charge is 0.465 e. The Balaban J connectivity index is 1.47. The number of morpholine rings is 1. The average Bonchev–Trinajstić information content (AvgIpc) is 3.29. The van der Waals surface area contributed by atoms with Crippen molar-refractivity contribution in [3.8, 4) is 0 Å². The number of nitrogens with one attached hydrogen (secondary N) is 2. The van der Waals surface area contributed by atoms with Crippen molar-refractivity contribution in [2.45, 2.75) is 38.6 Å². The Hall–Kier alpha value is -2.12. The smallest absolute Gasteiger partial charge is 0.272 e. The Morgan fingerprint density at radius 2 is 2.12 bits per heavy atom. The zero-order chi connectivity index (χ0) is 17.9. The average molecular weight is 358 g/mol. The van der Waals surface area contributed by atoms with Gasteiger partial charge in [-0.1, -0.05) is 0 Å². The van der Waals surface area contributed by atoms with Crippen LogP contribution in [0.2, 0.25) is 0 Å². The van der Waals surface area contributed by atoms with Crippen molar-refractivity contribution >= 4 is 5.91 Å². The monoisotopic (exact) mass is 358 g/mol. The van der Waals surface area contributed by atoms with E-state index >= 15 is 0 Å². The van der Waals surface area contributed by atoms with E-state index in [9.17, 15) is 4.79 Å². The third kappa shape index (κ3) is 3.54. The van der Waals surface area contributed by atoms with Gasteiger partial charge in [-0.3, -0.25) is 14.8 Å². The van der Waals surface area contributed by atoms with Gasteiger partial charge in [-0.25, -0.2) is 0 Å². The number of aromatic amines is 1. The van der Waals surface area contributed by atoms with E-state index in [1.165, 1.54) is 0 Å². The van der Waals surface area contributed by atoms with Crippen LogP contribution in [0.25, 0.3) is 0 Å². The van der Waals surface area contributed by atoms with Crippen LogP contribution in [0.4, 0.5) is 0 Å². The molecule has 2 aromatic rings. The number of furan rings is 1. The van der Waals surface area contributed by atoms with Crippen LogP contribution in [0.5, 0.6) is 0 Å². The highest BCUT2D eigenvalue weighted by Gasteiger charge is 2.27. The summed E-state index contributed by atoms with van der Waals surface area (Å²) in [5, 5.41) is 10.4. The van der Waals surface area contributed by atoms with Crippen molar-refractivity contribution in [2.24, 2.45) is 0 Å². The van der Waals surface area contributed by atoms with Crippen LogP contribution in [-0.2, 0) is 17.6 Å². The molecule has 2 aliphatic rings. The molecule has 0 unspecified atom stereocenters. The van der Waals surface area contributed by atoms with E-state index in [0.29, 0.717) is 25.5 Å². The number of hydrogen-bond donors (Lipinski definition) is 2. The molecule has 1 aliphatic carbocycles. The lowest BCUT2D eigenvalue weighted by atomic mass is 9.96. The van der Waals surface area contributed by atoms with E-state index in [1.807, 2.05) is 19.1 Å². The molecule has 7 heteroatoms. The van der Waals surface area contributed by atoms with Gasteiger partial charge in [-0.2, -0.15) is 5.10 Å². The predicted octanol–water partition coefficient (Wildman–Crippen LogP) is 1.99. The third-order valence-electron chi connectivity index (χ3n) is 5.30. The molecule has 2 N–H and O–H groups in total. The van der Waals surface area contributed by atoms with Crippen LogP contribution >= 0.6 is 0 Å². The van der Waals surface area contributed by atoms with Crippen molar-refractivity contribution in [1.29, 1.82) is 0 Å². The molecule has 1 aliphatic heterocycles. The fourth-order valence-electron chi connectivity index (χ4n) is 3.87. The first-order valence-corrected chi connectivity index (χ1v) is 9.45. The Kier molecular flexibility index (Phi) is 5.08. The Morgan fingerprint density at radius 3 is 2.88 bits per heavy atom. The number of H-pyrrole nitrogens is 1. The molecule has 26 heavy (non-hydrogen) atoms. The van der Waals surface area contributed by atoms with Gasteiger partial charge in [0.05, 0.1) is 19.3 Å². The molecule has 140 valence electrons. The molecule has 4 rings (SSSR count). The highest BCUT2D eigenvalue weighted by atomic mass is 16.5. The summed E-state index contributed by atoms with van der Waals surface area (Å²) in [5.41, 5.74) is 2.76. The second kappa shape index (κ2) is 7.63. The first kappa shape index (κ1) is 17.3. The number of rotatable bonds is 5. The van der Waals surface area contributed by atoms with Gasteiger partial charge in [0, 0.05) is 30.9 Å². The molecule has 0 radical (unpaired) electrons. The fraction of sp³-hybridized carbons (Fsp3) is 0.579. The van der Waals surface area contributed by atoms with E-state index in [-0.39, 0.29) is 11.9 Å². The van der Waals surface area contributed by atoms with E-state index in [2.05, 4.69) is 20.4 Å². The number of ether oxygens (including phenoxy) is 1. The zero-order valence-electron chi connectivity index (χ0n) is 15.2. The van der Waals surface area contributed by atoms with Crippen molar-refractivity contribution in [3.63, 3.8) is 0 Å². The lowest BCUT2D eigenvalue weighted by molar-refractivity contribution is 0.0116. The van der Waals surface area contributed by atoms with Gasteiger partial charge in [0.1, 0.15) is 11.5 Å². The topological polar surface area (TPSA) is 83.4 Å². The molecule has 0 aromatic carbocycles. The van der Waals surface area contributed by atoms with Gasteiger partial charge >= 0.3 is 0 Å². The van der Waals surface area contributed by atoms with Crippen LogP contribution in [0.15, 0.2) is 16.5 Å². The molecule has 0 bridgehead atoms. The number of fused-ring (bicyclic) bond motifs is 1. The number of carbonyl (C=O) groups excluding carboxylic acids is 1. The van der Waals surface area contributed by atoms with Gasteiger partial charge in [0.2, 0.25) is 0 Å². The summed E-state index contributed by atoms with van der Waals surface area (Å²) in [6, 6.07) is 3.97. The predicted molar refractivity (Wildman–Crippen MR) is 96.1 cm³/mol. The summed E-state index contributed by atoms with van der Waals surface area (Å²) < 4.78 is 11.3. The second-order valence-corrected chi connectivity index (χ2v) is 7.06. The quantitative estimate of drug-likeness (QED) is 0.854. The van der Waals surface area contributed by atoms with Gasteiger partial charge < -0.3 is 14.5 Å². The maximum absolute atomic E-state index is 12.7. The third-order valence-corrected chi connectivity index (χ3v) is 5.30. The lowest BCUT2D eigenvalue weighted by Crippen LogP contribution is -2.43. The highest BCUT2D eigenvalue weighted by molar-refractivity contribution is 5.94. The van der Waals surface area contributed by atoms with Crippen LogP contribution < -0.4 is 5.32 Å². The first-order valence-electron chi connectivity index (χ1n) is 9.45. The number of carbonyl (C=O) groups is 1. The van der Waals surface area contributed by atoms with Gasteiger partial charge in [0.15, 0.2) is 5.69 Å². The maximum Gasteiger partial charge on any atom is 0.272 e. The minimum atomic E-state index is -0.106. The zero-order valence-corrected chi connectivity index (χ0v) is 15.2. The summed E-state index contributed by atoms with van der Waals surface area (Å²) in [6.07, 6.45) is 4.19. The van der Waals surface area contributed by atoms with E-state index < -0.39 is 0 Å². The number of nitrogens with zero attached hydrogens (tertiary/aromatic N) is 2. The van der Waals surface area contributed by atoms with Crippen LogP contribution in [-0.4, -0.2) is 53.9 Å². The minimum Gasteiger partial charge on any atom is -0.465 e. The molecule has 1 fully saturated rings. The first-order chi connectivity index (χ1) is 12.7. The van der Waals surface area contributed by atoms with Crippen molar-refractivity contribution < 1.29 is 13.9 Å². The van der Waals surface area contributed by atoms with E-state index in [1.54, 1.807) is 0 Å². The molecule has 1 saturated heterocycles. The Labute approximate surface area is 153 Å². The Bertz CT molecular complexity index is 761. The molecule has 0 spiro atoms. The number of aromatic nitrogens is 2. The van der Waals surface area contributed by atoms with Crippen molar-refractivity contribution in [1.82, 2.24) is 20.4 Å². The summed E-state index contributed by atoms with van der Waals surface area (Å²) in [5.74, 6) is 1.66. The van der Waals surface area contributed by atoms with Crippen LogP contribution in [0, 0.1) is 6.92 Å². The van der Waals surface area contributed by atoms with Crippen LogP contribution in [0.1, 0.15) is 52.1 Å². The molecular formula is C19H26N4O3. The van der Waals surface area contributed by atoms with Gasteiger partial charge in [-0.15, -0.1) is 0 Å². The normalized spacial score (nSPS) is 19.1. The van der Waals surface area contributed by atoms with Gasteiger partial charge in [-0.05, 0) is 44.7 Å². The maximum atomic E-state index is 12.7. The van der Waals surface area contributed by atoms with E-state index in [4.69, 9.17) is 9.15 Å². The minimum absolute atomic E-state index is 0.00585. The summed E-state index contributed by atoms with van der Waals surface area (Å²) in [4.78, 5) is 15.0. The standard InChI is InChI=1S/C19H26N4O3/c1-13-6-7-17(26-13)16(23-8-10-25-11-9-23)12-20-19(24)18-14-4-2-3-5-15(14)21-22-18/h6-7,16H,2-5,8-12H2,1H3,(H,20,24)(H,21,22)/t16-/m0/s1. The summed E-state index contributed by atoms with van der Waals surface area (Å²) in [6.45, 7) is 5.51. The molecule has 1 amide bonds. The SMILES string of the molecule is Cc1ccc([C@H](CNC(=O)c2n[nH]c3c2CCCC3)N2CCOCC2)o1. The van der Waals surface area contributed by atoms with Crippen molar-refractivity contribution in [3.05, 3.63) is 40.6 Å². The molecular weight excluding hydrogens is 332 g/mol. The molecule has 7 nitrogen and oxygen atoms in total. The lowest BCUT2D eigenvalue weighted by Gasteiger charge is -2.33. The number of hydrogen-bond acceptors (Lipinski definition) is 5. The molecule has 2 aromatic heterocycles.